The van der Waals surface area contributed by atoms with Gasteiger partial charge in [-0.05, 0) is 19.4 Å². The summed E-state index contributed by atoms with van der Waals surface area (Å²) in [6, 6.07) is 2.11. The molecular weight excluding hydrogens is 298 g/mol. The lowest BCUT2D eigenvalue weighted by Crippen LogP contribution is -2.40. The second-order valence-corrected chi connectivity index (χ2v) is 6.77. The fourth-order valence-electron chi connectivity index (χ4n) is 3.06. The predicted molar refractivity (Wildman–Crippen MR) is 85.1 cm³/mol. The van der Waals surface area contributed by atoms with Crippen molar-refractivity contribution in [1.29, 1.82) is 0 Å². The van der Waals surface area contributed by atoms with Gasteiger partial charge in [-0.3, -0.25) is 9.48 Å². The number of rotatable bonds is 2. The fraction of sp³-hybridized carbons (Fsp3) is 0.400. The van der Waals surface area contributed by atoms with E-state index < -0.39 is 0 Å². The molecule has 1 aliphatic heterocycles. The molecule has 1 unspecified atom stereocenters. The maximum atomic E-state index is 12.5. The van der Waals surface area contributed by atoms with Gasteiger partial charge >= 0.3 is 0 Å². The Bertz CT molecular complexity index is 824. The largest absolute Gasteiger partial charge is 0.347 e. The number of aromatic nitrogens is 4. The molecule has 1 N–H and O–H groups in total. The van der Waals surface area contributed by atoms with Gasteiger partial charge in [-0.1, -0.05) is 0 Å². The fourth-order valence-corrected chi connectivity index (χ4v) is 4.08. The van der Waals surface area contributed by atoms with Gasteiger partial charge in [-0.2, -0.15) is 5.10 Å². The van der Waals surface area contributed by atoms with Gasteiger partial charge in [0.2, 0.25) is 0 Å². The first-order valence-corrected chi connectivity index (χ1v) is 8.17. The molecule has 22 heavy (non-hydrogen) atoms. The zero-order valence-corrected chi connectivity index (χ0v) is 13.4. The van der Waals surface area contributed by atoms with Crippen molar-refractivity contribution in [1.82, 2.24) is 24.6 Å². The van der Waals surface area contributed by atoms with Crippen LogP contribution in [0.4, 0.5) is 0 Å². The first kappa shape index (κ1) is 13.5. The highest BCUT2D eigenvalue weighted by molar-refractivity contribution is 7.20. The Morgan fingerprint density at radius 1 is 1.50 bits per heavy atom. The summed E-state index contributed by atoms with van der Waals surface area (Å²) in [5, 5.41) is 8.59. The van der Waals surface area contributed by atoms with E-state index in [1.54, 1.807) is 0 Å². The summed E-state index contributed by atoms with van der Waals surface area (Å²) in [7, 11) is 1.91. The van der Waals surface area contributed by atoms with Gasteiger partial charge in [0.25, 0.3) is 5.91 Å². The Labute approximate surface area is 131 Å². The highest BCUT2D eigenvalue weighted by Gasteiger charge is 2.22. The molecule has 0 saturated heterocycles. The number of fused-ring (bicyclic) bond motifs is 2. The second-order valence-electron chi connectivity index (χ2n) is 5.74. The Balaban J connectivity index is 1.53. The van der Waals surface area contributed by atoms with Crippen LogP contribution in [-0.2, 0) is 20.0 Å². The molecule has 114 valence electrons. The first-order valence-electron chi connectivity index (χ1n) is 7.36. The third-order valence-electron chi connectivity index (χ3n) is 4.19. The van der Waals surface area contributed by atoms with E-state index in [9.17, 15) is 4.79 Å². The van der Waals surface area contributed by atoms with Crippen molar-refractivity contribution in [2.75, 3.05) is 0 Å². The lowest BCUT2D eigenvalue weighted by Gasteiger charge is -2.24. The van der Waals surface area contributed by atoms with Crippen molar-refractivity contribution in [2.45, 2.75) is 32.4 Å². The van der Waals surface area contributed by atoms with Crippen LogP contribution in [0.15, 0.2) is 18.5 Å². The monoisotopic (exact) mass is 315 g/mol. The van der Waals surface area contributed by atoms with Crippen LogP contribution >= 0.6 is 11.3 Å². The van der Waals surface area contributed by atoms with Crippen molar-refractivity contribution < 1.29 is 4.79 Å². The average molecular weight is 315 g/mol. The number of hydrogen-bond acceptors (Lipinski definition) is 4. The number of carbonyl (C=O) groups is 1. The SMILES string of the molecule is Cc1nn(C)c2sc(C(=O)NC3CCc4nccn4C3)cc12. The highest BCUT2D eigenvalue weighted by Crippen LogP contribution is 2.27. The van der Waals surface area contributed by atoms with Gasteiger partial charge in [0.1, 0.15) is 10.7 Å². The quantitative estimate of drug-likeness (QED) is 0.785. The Morgan fingerprint density at radius 2 is 2.36 bits per heavy atom. The normalized spacial score (nSPS) is 17.6. The van der Waals surface area contributed by atoms with E-state index >= 15 is 0 Å². The molecule has 1 amide bonds. The Kier molecular flexibility index (Phi) is 3.04. The second kappa shape index (κ2) is 4.95. The maximum absolute atomic E-state index is 12.5. The number of nitrogens with one attached hydrogen (secondary N) is 1. The maximum Gasteiger partial charge on any atom is 0.261 e. The molecule has 0 aliphatic carbocycles. The number of thiophene rings is 1. The summed E-state index contributed by atoms with van der Waals surface area (Å²) in [6.45, 7) is 2.77. The highest BCUT2D eigenvalue weighted by atomic mass is 32.1. The first-order chi connectivity index (χ1) is 10.6. The van der Waals surface area contributed by atoms with Crippen LogP contribution in [0, 0.1) is 6.92 Å². The Hall–Kier alpha value is -2.15. The summed E-state index contributed by atoms with van der Waals surface area (Å²) < 4.78 is 3.96. The molecule has 7 heteroatoms. The Morgan fingerprint density at radius 3 is 3.18 bits per heavy atom. The van der Waals surface area contributed by atoms with Gasteiger partial charge in [0.05, 0.1) is 10.6 Å². The summed E-state index contributed by atoms with van der Waals surface area (Å²) in [5.41, 5.74) is 0.966. The number of imidazole rings is 1. The lowest BCUT2D eigenvalue weighted by molar-refractivity contribution is 0.0932. The topological polar surface area (TPSA) is 64.7 Å². The van der Waals surface area contributed by atoms with E-state index in [-0.39, 0.29) is 11.9 Å². The van der Waals surface area contributed by atoms with Crippen LogP contribution < -0.4 is 5.32 Å². The third-order valence-corrected chi connectivity index (χ3v) is 5.39. The van der Waals surface area contributed by atoms with Crippen molar-refractivity contribution in [2.24, 2.45) is 7.05 Å². The summed E-state index contributed by atoms with van der Waals surface area (Å²) in [4.78, 5) is 18.6. The molecule has 6 nitrogen and oxygen atoms in total. The number of amides is 1. The predicted octanol–water partition coefficient (Wildman–Crippen LogP) is 1.88. The molecule has 4 rings (SSSR count). The minimum Gasteiger partial charge on any atom is -0.347 e. The molecule has 0 saturated carbocycles. The molecule has 4 heterocycles. The number of hydrogen-bond donors (Lipinski definition) is 1. The van der Waals surface area contributed by atoms with E-state index in [1.165, 1.54) is 11.3 Å². The van der Waals surface area contributed by atoms with Crippen LogP contribution in [0.1, 0.15) is 27.6 Å². The van der Waals surface area contributed by atoms with Crippen molar-refractivity contribution >= 4 is 27.5 Å². The van der Waals surface area contributed by atoms with Crippen LogP contribution in [0.3, 0.4) is 0 Å². The molecule has 3 aromatic rings. The molecule has 0 fully saturated rings. The van der Waals surface area contributed by atoms with Crippen molar-refractivity contribution in [3.05, 3.63) is 34.9 Å². The molecule has 1 aliphatic rings. The van der Waals surface area contributed by atoms with Gasteiger partial charge in [0, 0.05) is 43.8 Å². The third kappa shape index (κ3) is 2.12. The van der Waals surface area contributed by atoms with E-state index in [2.05, 4.69) is 20.0 Å². The van der Waals surface area contributed by atoms with Crippen LogP contribution in [0.25, 0.3) is 10.2 Å². The summed E-state index contributed by atoms with van der Waals surface area (Å²) >= 11 is 1.50. The van der Waals surface area contributed by atoms with E-state index in [0.29, 0.717) is 0 Å². The molecule has 0 spiro atoms. The summed E-state index contributed by atoms with van der Waals surface area (Å²) in [6.07, 6.45) is 5.64. The molecule has 3 aromatic heterocycles. The van der Waals surface area contributed by atoms with Crippen molar-refractivity contribution in [3.63, 3.8) is 0 Å². The minimum absolute atomic E-state index is 0.00849. The molecular formula is C15H17N5OS. The molecule has 0 aromatic carbocycles. The van der Waals surface area contributed by atoms with E-state index in [0.717, 1.165) is 46.0 Å². The zero-order valence-electron chi connectivity index (χ0n) is 12.5. The van der Waals surface area contributed by atoms with Crippen LogP contribution in [0.5, 0.6) is 0 Å². The molecule has 0 bridgehead atoms. The lowest BCUT2D eigenvalue weighted by atomic mass is 10.1. The minimum atomic E-state index is 0.00849. The molecule has 1 atom stereocenters. The number of carbonyl (C=O) groups excluding carboxylic acids is 1. The van der Waals surface area contributed by atoms with Gasteiger partial charge in [0.15, 0.2) is 0 Å². The van der Waals surface area contributed by atoms with Gasteiger partial charge < -0.3 is 9.88 Å². The van der Waals surface area contributed by atoms with Crippen molar-refractivity contribution in [3.8, 4) is 0 Å². The van der Waals surface area contributed by atoms with Gasteiger partial charge in [-0.25, -0.2) is 4.98 Å². The van der Waals surface area contributed by atoms with E-state index in [1.807, 2.05) is 37.1 Å². The van der Waals surface area contributed by atoms with Crippen LogP contribution in [0.2, 0.25) is 0 Å². The smallest absolute Gasteiger partial charge is 0.261 e. The summed E-state index contributed by atoms with van der Waals surface area (Å²) in [5.74, 6) is 1.11. The number of nitrogens with zero attached hydrogens (tertiary/aromatic N) is 4. The average Bonchev–Trinajstić information content (AvgIpc) is 3.17. The van der Waals surface area contributed by atoms with Crippen LogP contribution in [-0.4, -0.2) is 31.3 Å². The number of aryl methyl sites for hydroxylation is 3. The standard InChI is InChI=1S/C15H17N5OS/c1-9-11-7-12(22-15(11)19(2)18-9)14(21)17-10-3-4-13-16-5-6-20(13)8-10/h5-7,10H,3-4,8H2,1-2H3,(H,17,21). The zero-order chi connectivity index (χ0) is 15.3. The molecule has 0 radical (unpaired) electrons. The van der Waals surface area contributed by atoms with Gasteiger partial charge in [-0.15, -0.1) is 11.3 Å². The van der Waals surface area contributed by atoms with E-state index in [4.69, 9.17) is 0 Å².